The van der Waals surface area contributed by atoms with Gasteiger partial charge in [0.2, 0.25) is 0 Å². The SMILES string of the molecule is CCCCCCCCCC(CC)CCC(F)(F)F. The third-order valence-corrected chi connectivity index (χ3v) is 3.63. The van der Waals surface area contributed by atoms with Crippen molar-refractivity contribution in [2.45, 2.75) is 90.7 Å². The van der Waals surface area contributed by atoms with Crippen LogP contribution < -0.4 is 0 Å². The topological polar surface area (TPSA) is 0 Å². The van der Waals surface area contributed by atoms with Crippen LogP contribution in [0.2, 0.25) is 0 Å². The Labute approximate surface area is 110 Å². The third kappa shape index (κ3) is 12.3. The summed E-state index contributed by atoms with van der Waals surface area (Å²) in [6, 6.07) is 0. The Morgan fingerprint density at radius 1 is 0.778 bits per heavy atom. The molecule has 0 aliphatic rings. The molecule has 18 heavy (non-hydrogen) atoms. The molecule has 0 saturated heterocycles. The minimum absolute atomic E-state index is 0.266. The average Bonchev–Trinajstić information content (AvgIpc) is 2.30. The number of rotatable bonds is 11. The highest BCUT2D eigenvalue weighted by atomic mass is 19.4. The molecule has 0 aliphatic carbocycles. The second kappa shape index (κ2) is 10.7. The summed E-state index contributed by atoms with van der Waals surface area (Å²) in [6.45, 7) is 4.20. The number of hydrogen-bond donors (Lipinski definition) is 0. The van der Waals surface area contributed by atoms with Crippen LogP contribution in [0.1, 0.15) is 84.5 Å². The van der Waals surface area contributed by atoms with Gasteiger partial charge in [-0.3, -0.25) is 0 Å². The quantitative estimate of drug-likeness (QED) is 0.375. The van der Waals surface area contributed by atoms with Crippen LogP contribution in [0, 0.1) is 5.92 Å². The van der Waals surface area contributed by atoms with E-state index in [1.807, 2.05) is 6.92 Å². The molecule has 0 saturated carbocycles. The Hall–Kier alpha value is -0.210. The van der Waals surface area contributed by atoms with Gasteiger partial charge in [-0.25, -0.2) is 0 Å². The molecule has 3 heteroatoms. The van der Waals surface area contributed by atoms with Crippen LogP contribution in [0.25, 0.3) is 0 Å². The molecule has 0 aromatic rings. The van der Waals surface area contributed by atoms with Crippen LogP contribution in [0.3, 0.4) is 0 Å². The summed E-state index contributed by atoms with van der Waals surface area (Å²) in [6.07, 6.45) is 6.27. The lowest BCUT2D eigenvalue weighted by Gasteiger charge is -2.15. The zero-order valence-electron chi connectivity index (χ0n) is 12.0. The molecular weight excluding hydrogens is 237 g/mol. The second-order valence-electron chi connectivity index (χ2n) is 5.34. The first-order valence-electron chi connectivity index (χ1n) is 7.56. The largest absolute Gasteiger partial charge is 0.389 e. The average molecular weight is 266 g/mol. The highest BCUT2D eigenvalue weighted by molar-refractivity contribution is 4.61. The predicted molar refractivity (Wildman–Crippen MR) is 71.7 cm³/mol. The first-order valence-corrected chi connectivity index (χ1v) is 7.56. The van der Waals surface area contributed by atoms with E-state index in [2.05, 4.69) is 6.92 Å². The maximum Gasteiger partial charge on any atom is 0.389 e. The molecule has 0 heterocycles. The molecule has 0 rings (SSSR count). The van der Waals surface area contributed by atoms with E-state index >= 15 is 0 Å². The van der Waals surface area contributed by atoms with E-state index in [0.717, 1.165) is 19.3 Å². The summed E-state index contributed by atoms with van der Waals surface area (Å²) < 4.78 is 36.3. The van der Waals surface area contributed by atoms with E-state index in [1.165, 1.54) is 38.5 Å². The standard InChI is InChI=1S/C15H29F3/c1-3-5-6-7-8-9-10-11-14(4-2)12-13-15(16,17)18/h14H,3-13H2,1-2H3. The zero-order chi connectivity index (χ0) is 13.9. The molecule has 0 spiro atoms. The fourth-order valence-electron chi connectivity index (χ4n) is 2.31. The highest BCUT2D eigenvalue weighted by Crippen LogP contribution is 2.27. The van der Waals surface area contributed by atoms with E-state index in [0.29, 0.717) is 6.42 Å². The van der Waals surface area contributed by atoms with E-state index < -0.39 is 12.6 Å². The molecule has 0 aromatic carbocycles. The van der Waals surface area contributed by atoms with Gasteiger partial charge in [0.15, 0.2) is 0 Å². The fourth-order valence-corrected chi connectivity index (χ4v) is 2.31. The molecule has 0 fully saturated rings. The van der Waals surface area contributed by atoms with Crippen LogP contribution in [0.5, 0.6) is 0 Å². The lowest BCUT2D eigenvalue weighted by Crippen LogP contribution is -2.10. The normalized spacial score (nSPS) is 13.8. The van der Waals surface area contributed by atoms with Crippen LogP contribution >= 0.6 is 0 Å². The van der Waals surface area contributed by atoms with Crippen molar-refractivity contribution in [3.63, 3.8) is 0 Å². The van der Waals surface area contributed by atoms with Crippen molar-refractivity contribution in [3.05, 3.63) is 0 Å². The van der Waals surface area contributed by atoms with E-state index in [1.54, 1.807) is 0 Å². The first kappa shape index (κ1) is 17.8. The second-order valence-corrected chi connectivity index (χ2v) is 5.34. The minimum atomic E-state index is -3.98. The highest BCUT2D eigenvalue weighted by Gasteiger charge is 2.27. The molecule has 0 aliphatic heterocycles. The maximum absolute atomic E-state index is 12.1. The van der Waals surface area contributed by atoms with Crippen molar-refractivity contribution in [2.24, 2.45) is 5.92 Å². The number of halogens is 3. The van der Waals surface area contributed by atoms with Crippen LogP contribution in [0.4, 0.5) is 13.2 Å². The minimum Gasteiger partial charge on any atom is -0.171 e. The predicted octanol–water partition coefficient (Wildman–Crippen LogP) is 6.50. The van der Waals surface area contributed by atoms with Crippen molar-refractivity contribution in [3.8, 4) is 0 Å². The number of unbranched alkanes of at least 4 members (excludes halogenated alkanes) is 6. The monoisotopic (exact) mass is 266 g/mol. The van der Waals surface area contributed by atoms with Gasteiger partial charge in [0, 0.05) is 6.42 Å². The van der Waals surface area contributed by atoms with Gasteiger partial charge in [-0.1, -0.05) is 71.6 Å². The summed E-state index contributed by atoms with van der Waals surface area (Å²) >= 11 is 0. The van der Waals surface area contributed by atoms with Gasteiger partial charge in [0.05, 0.1) is 0 Å². The Bertz CT molecular complexity index is 175. The van der Waals surface area contributed by atoms with Crippen LogP contribution in [-0.4, -0.2) is 6.18 Å². The lowest BCUT2D eigenvalue weighted by molar-refractivity contribution is -0.137. The lowest BCUT2D eigenvalue weighted by atomic mass is 9.93. The molecule has 0 N–H and O–H groups in total. The Morgan fingerprint density at radius 2 is 1.33 bits per heavy atom. The maximum atomic E-state index is 12.1. The molecule has 1 atom stereocenters. The van der Waals surface area contributed by atoms with Gasteiger partial charge in [-0.2, -0.15) is 13.2 Å². The Balaban J connectivity index is 3.44. The number of alkyl halides is 3. The van der Waals surface area contributed by atoms with Gasteiger partial charge < -0.3 is 0 Å². The van der Waals surface area contributed by atoms with Crippen molar-refractivity contribution in [1.82, 2.24) is 0 Å². The van der Waals surface area contributed by atoms with Crippen molar-refractivity contribution in [1.29, 1.82) is 0 Å². The first-order chi connectivity index (χ1) is 8.49. The van der Waals surface area contributed by atoms with E-state index in [9.17, 15) is 13.2 Å². The molecule has 110 valence electrons. The third-order valence-electron chi connectivity index (χ3n) is 3.63. The van der Waals surface area contributed by atoms with Gasteiger partial charge in [0.25, 0.3) is 0 Å². The molecule has 0 amide bonds. The van der Waals surface area contributed by atoms with Gasteiger partial charge >= 0.3 is 6.18 Å². The summed E-state index contributed by atoms with van der Waals surface area (Å²) in [5.41, 5.74) is 0. The van der Waals surface area contributed by atoms with Crippen molar-refractivity contribution in [2.75, 3.05) is 0 Å². The summed E-state index contributed by atoms with van der Waals surface area (Å²) in [5.74, 6) is 0.266. The van der Waals surface area contributed by atoms with Gasteiger partial charge in [-0.15, -0.1) is 0 Å². The summed E-state index contributed by atoms with van der Waals surface area (Å²) in [5, 5.41) is 0. The molecule has 0 bridgehead atoms. The van der Waals surface area contributed by atoms with E-state index in [4.69, 9.17) is 0 Å². The summed E-state index contributed by atoms with van der Waals surface area (Å²) in [7, 11) is 0. The fraction of sp³-hybridized carbons (Fsp3) is 1.00. The van der Waals surface area contributed by atoms with Crippen molar-refractivity contribution >= 4 is 0 Å². The van der Waals surface area contributed by atoms with Crippen LogP contribution in [0.15, 0.2) is 0 Å². The number of hydrogen-bond acceptors (Lipinski definition) is 0. The molecule has 1 unspecified atom stereocenters. The van der Waals surface area contributed by atoms with E-state index in [-0.39, 0.29) is 5.92 Å². The smallest absolute Gasteiger partial charge is 0.171 e. The van der Waals surface area contributed by atoms with Gasteiger partial charge in [0.1, 0.15) is 0 Å². The Morgan fingerprint density at radius 3 is 1.83 bits per heavy atom. The van der Waals surface area contributed by atoms with Crippen molar-refractivity contribution < 1.29 is 13.2 Å². The van der Waals surface area contributed by atoms with Crippen LogP contribution in [-0.2, 0) is 0 Å². The molecule has 0 aromatic heterocycles. The Kier molecular flexibility index (Phi) is 10.6. The van der Waals surface area contributed by atoms with Gasteiger partial charge in [-0.05, 0) is 12.3 Å². The molecule has 0 nitrogen and oxygen atoms in total. The molecular formula is C15H29F3. The zero-order valence-corrected chi connectivity index (χ0v) is 12.0. The summed E-state index contributed by atoms with van der Waals surface area (Å²) in [4.78, 5) is 0. The molecule has 0 radical (unpaired) electrons.